The minimum Gasteiger partial charge on any atom is -0.489 e. The Labute approximate surface area is 128 Å². The first-order chi connectivity index (χ1) is 10.1. The zero-order chi connectivity index (χ0) is 15.2. The molecule has 0 bridgehead atoms. The molecule has 0 aliphatic heterocycles. The van der Waals surface area contributed by atoms with Crippen molar-refractivity contribution in [3.63, 3.8) is 0 Å². The molecule has 112 valence electrons. The molecule has 1 N–H and O–H groups in total. The molecule has 2 heteroatoms. The molecule has 0 unspecified atom stereocenters. The van der Waals surface area contributed by atoms with Crippen molar-refractivity contribution in [3.8, 4) is 5.75 Å². The normalized spacial score (nSPS) is 10.7. The topological polar surface area (TPSA) is 21.3 Å². The average molecular weight is 283 g/mol. The Bertz CT molecular complexity index is 587. The number of ether oxygens (including phenoxy) is 1. The monoisotopic (exact) mass is 283 g/mol. The second kappa shape index (κ2) is 7.28. The van der Waals surface area contributed by atoms with Crippen molar-refractivity contribution in [2.45, 2.75) is 33.8 Å². The van der Waals surface area contributed by atoms with E-state index in [-0.39, 0.29) is 0 Å². The second-order valence-corrected chi connectivity index (χ2v) is 5.66. The van der Waals surface area contributed by atoms with Gasteiger partial charge in [0.1, 0.15) is 12.4 Å². The van der Waals surface area contributed by atoms with E-state index in [0.29, 0.717) is 6.61 Å². The van der Waals surface area contributed by atoms with E-state index in [0.717, 1.165) is 18.7 Å². The van der Waals surface area contributed by atoms with Gasteiger partial charge in [-0.25, -0.2) is 0 Å². The van der Waals surface area contributed by atoms with E-state index in [9.17, 15) is 0 Å². The lowest BCUT2D eigenvalue weighted by Gasteiger charge is -2.12. The second-order valence-electron chi connectivity index (χ2n) is 5.66. The van der Waals surface area contributed by atoms with Gasteiger partial charge in [0.2, 0.25) is 0 Å². The van der Waals surface area contributed by atoms with E-state index in [4.69, 9.17) is 4.74 Å². The van der Waals surface area contributed by atoms with E-state index >= 15 is 0 Å². The van der Waals surface area contributed by atoms with Crippen LogP contribution in [0.1, 0.15) is 27.8 Å². The highest BCUT2D eigenvalue weighted by Crippen LogP contribution is 2.24. The van der Waals surface area contributed by atoms with Crippen molar-refractivity contribution >= 4 is 0 Å². The molecule has 0 saturated heterocycles. The van der Waals surface area contributed by atoms with E-state index in [1.54, 1.807) is 0 Å². The highest BCUT2D eigenvalue weighted by Gasteiger charge is 2.04. The Morgan fingerprint density at radius 1 is 0.952 bits per heavy atom. The van der Waals surface area contributed by atoms with Gasteiger partial charge in [0, 0.05) is 0 Å². The van der Waals surface area contributed by atoms with Crippen molar-refractivity contribution in [2.75, 3.05) is 13.6 Å². The van der Waals surface area contributed by atoms with Gasteiger partial charge in [-0.1, -0.05) is 30.3 Å². The number of hydrogen-bond acceptors (Lipinski definition) is 2. The lowest BCUT2D eigenvalue weighted by molar-refractivity contribution is 0.303. The van der Waals surface area contributed by atoms with Gasteiger partial charge < -0.3 is 10.1 Å². The maximum atomic E-state index is 5.99. The van der Waals surface area contributed by atoms with Crippen LogP contribution < -0.4 is 10.1 Å². The van der Waals surface area contributed by atoms with Crippen molar-refractivity contribution in [3.05, 3.63) is 64.2 Å². The molecule has 0 heterocycles. The number of likely N-dealkylation sites (N-methyl/N-ethyl adjacent to an activating group) is 1. The molecule has 2 rings (SSSR count). The zero-order valence-corrected chi connectivity index (χ0v) is 13.5. The summed E-state index contributed by atoms with van der Waals surface area (Å²) < 4.78 is 5.99. The van der Waals surface area contributed by atoms with Crippen LogP contribution in [0.4, 0.5) is 0 Å². The third kappa shape index (κ3) is 4.33. The van der Waals surface area contributed by atoms with Gasteiger partial charge in [-0.15, -0.1) is 0 Å². The molecule has 0 atom stereocenters. The molecule has 0 radical (unpaired) electrons. The van der Waals surface area contributed by atoms with Crippen LogP contribution in [-0.4, -0.2) is 13.6 Å². The highest BCUT2D eigenvalue weighted by molar-refractivity contribution is 5.42. The van der Waals surface area contributed by atoms with Crippen LogP contribution in [0.25, 0.3) is 0 Å². The third-order valence-electron chi connectivity index (χ3n) is 3.85. The summed E-state index contributed by atoms with van der Waals surface area (Å²) in [6.07, 6.45) is 1.06. The Balaban J connectivity index is 2.00. The first-order valence-corrected chi connectivity index (χ1v) is 7.53. The number of rotatable bonds is 6. The van der Waals surface area contributed by atoms with Crippen LogP contribution in [0.2, 0.25) is 0 Å². The van der Waals surface area contributed by atoms with Crippen LogP contribution >= 0.6 is 0 Å². The van der Waals surface area contributed by atoms with Gasteiger partial charge in [0.25, 0.3) is 0 Å². The molecule has 0 amide bonds. The molecule has 2 aromatic carbocycles. The Morgan fingerprint density at radius 2 is 1.62 bits per heavy atom. The molecule has 0 aromatic heterocycles. The minimum absolute atomic E-state index is 0.621. The largest absolute Gasteiger partial charge is 0.489 e. The van der Waals surface area contributed by atoms with Crippen LogP contribution in [0.3, 0.4) is 0 Å². The average Bonchev–Trinajstić information content (AvgIpc) is 2.48. The predicted octanol–water partition coefficient (Wildman–Crippen LogP) is 3.95. The summed E-state index contributed by atoms with van der Waals surface area (Å²) in [5.74, 6) is 0.992. The summed E-state index contributed by atoms with van der Waals surface area (Å²) in [7, 11) is 1.98. The van der Waals surface area contributed by atoms with Crippen LogP contribution in [0, 0.1) is 20.8 Å². The number of nitrogens with one attached hydrogen (secondary N) is 1. The van der Waals surface area contributed by atoms with Gasteiger partial charge in [0.15, 0.2) is 0 Å². The van der Waals surface area contributed by atoms with E-state index in [1.165, 1.54) is 27.8 Å². The fraction of sp³-hybridized carbons (Fsp3) is 0.368. The Hall–Kier alpha value is -1.80. The number of benzene rings is 2. The van der Waals surface area contributed by atoms with Gasteiger partial charge in [-0.05, 0) is 74.7 Å². The lowest BCUT2D eigenvalue weighted by Crippen LogP contribution is -2.10. The molecule has 21 heavy (non-hydrogen) atoms. The smallest absolute Gasteiger partial charge is 0.123 e. The fourth-order valence-electron chi connectivity index (χ4n) is 2.38. The van der Waals surface area contributed by atoms with Gasteiger partial charge in [-0.2, -0.15) is 0 Å². The number of hydrogen-bond donors (Lipinski definition) is 1. The quantitative estimate of drug-likeness (QED) is 0.866. The van der Waals surface area contributed by atoms with Crippen LogP contribution in [0.5, 0.6) is 5.75 Å². The van der Waals surface area contributed by atoms with Crippen molar-refractivity contribution in [1.29, 1.82) is 0 Å². The Morgan fingerprint density at radius 3 is 2.29 bits per heavy atom. The predicted molar refractivity (Wildman–Crippen MR) is 89.1 cm³/mol. The van der Waals surface area contributed by atoms with Crippen molar-refractivity contribution in [2.24, 2.45) is 0 Å². The van der Waals surface area contributed by atoms with E-state index < -0.39 is 0 Å². The molecular weight excluding hydrogens is 258 g/mol. The first kappa shape index (κ1) is 15.6. The maximum absolute atomic E-state index is 5.99. The molecule has 0 aliphatic carbocycles. The molecule has 0 aliphatic rings. The van der Waals surface area contributed by atoms with Crippen molar-refractivity contribution in [1.82, 2.24) is 5.32 Å². The highest BCUT2D eigenvalue weighted by atomic mass is 16.5. The summed E-state index contributed by atoms with van der Waals surface area (Å²) in [5.41, 5.74) is 6.33. The third-order valence-corrected chi connectivity index (χ3v) is 3.85. The molecule has 0 fully saturated rings. The van der Waals surface area contributed by atoms with Crippen molar-refractivity contribution < 1.29 is 4.74 Å². The van der Waals surface area contributed by atoms with Gasteiger partial charge >= 0.3 is 0 Å². The molecular formula is C19H25NO. The Kier molecular flexibility index (Phi) is 5.40. The summed E-state index contributed by atoms with van der Waals surface area (Å²) in [6, 6.07) is 13.0. The number of aryl methyl sites for hydroxylation is 2. The SMILES string of the molecule is CNCCc1ccc(COc2cc(C)cc(C)c2C)cc1. The molecule has 0 saturated carbocycles. The minimum atomic E-state index is 0.621. The maximum Gasteiger partial charge on any atom is 0.123 e. The van der Waals surface area contributed by atoms with E-state index in [1.807, 2.05) is 7.05 Å². The zero-order valence-electron chi connectivity index (χ0n) is 13.5. The van der Waals surface area contributed by atoms with Crippen LogP contribution in [-0.2, 0) is 13.0 Å². The lowest BCUT2D eigenvalue weighted by atomic mass is 10.1. The molecule has 0 spiro atoms. The molecule has 2 aromatic rings. The first-order valence-electron chi connectivity index (χ1n) is 7.53. The van der Waals surface area contributed by atoms with Crippen LogP contribution in [0.15, 0.2) is 36.4 Å². The molecule has 2 nitrogen and oxygen atoms in total. The summed E-state index contributed by atoms with van der Waals surface area (Å²) in [5, 5.41) is 3.17. The van der Waals surface area contributed by atoms with Gasteiger partial charge in [-0.3, -0.25) is 0 Å². The standard InChI is InChI=1S/C19H25NO/c1-14-11-15(2)16(3)19(12-14)21-13-18-7-5-17(6-8-18)9-10-20-4/h5-8,11-12,20H,9-10,13H2,1-4H3. The summed E-state index contributed by atoms with van der Waals surface area (Å²) >= 11 is 0. The summed E-state index contributed by atoms with van der Waals surface area (Å²) in [6.45, 7) is 7.99. The fourth-order valence-corrected chi connectivity index (χ4v) is 2.38. The van der Waals surface area contributed by atoms with Gasteiger partial charge in [0.05, 0.1) is 0 Å². The summed E-state index contributed by atoms with van der Waals surface area (Å²) in [4.78, 5) is 0. The van der Waals surface area contributed by atoms with E-state index in [2.05, 4.69) is 62.5 Å².